The van der Waals surface area contributed by atoms with Gasteiger partial charge in [0, 0.05) is 16.6 Å². The molecule has 0 aliphatic rings. The predicted molar refractivity (Wildman–Crippen MR) is 71.7 cm³/mol. The molecule has 0 spiro atoms. The maximum atomic E-state index is 12.2. The first kappa shape index (κ1) is 12.6. The summed E-state index contributed by atoms with van der Waals surface area (Å²) in [6.07, 6.45) is 0.712. The van der Waals surface area contributed by atoms with Gasteiger partial charge in [-0.25, -0.2) is 0 Å². The fraction of sp³-hybridized carbons (Fsp3) is 0.357. The third-order valence-electron chi connectivity index (χ3n) is 3.17. The highest BCUT2D eigenvalue weighted by Gasteiger charge is 2.17. The van der Waals surface area contributed by atoms with Crippen molar-refractivity contribution >= 4 is 16.8 Å². The van der Waals surface area contributed by atoms with Crippen LogP contribution in [0.3, 0.4) is 0 Å². The van der Waals surface area contributed by atoms with Crippen LogP contribution in [0, 0.1) is 6.92 Å². The second-order valence-corrected chi connectivity index (χ2v) is 4.43. The maximum Gasteiger partial charge on any atom is 0.254 e. The van der Waals surface area contributed by atoms with E-state index in [4.69, 9.17) is 5.11 Å². The molecule has 4 heteroatoms. The number of aliphatic hydroxyl groups is 1. The molecule has 18 heavy (non-hydrogen) atoms. The summed E-state index contributed by atoms with van der Waals surface area (Å²) < 4.78 is 0. The van der Waals surface area contributed by atoms with Gasteiger partial charge in [-0.15, -0.1) is 0 Å². The summed E-state index contributed by atoms with van der Waals surface area (Å²) in [5.74, 6) is -0.133. The fourth-order valence-electron chi connectivity index (χ4n) is 2.10. The second-order valence-electron chi connectivity index (χ2n) is 4.43. The van der Waals surface area contributed by atoms with Crippen molar-refractivity contribution in [1.82, 2.24) is 10.3 Å². The zero-order valence-corrected chi connectivity index (χ0v) is 10.7. The molecule has 0 unspecified atom stereocenters. The molecule has 0 bridgehead atoms. The van der Waals surface area contributed by atoms with E-state index in [1.807, 2.05) is 38.1 Å². The number of H-pyrrole nitrogens is 1. The van der Waals surface area contributed by atoms with Crippen molar-refractivity contribution in [2.45, 2.75) is 26.3 Å². The number of carbonyl (C=O) groups excluding carboxylic acids is 1. The van der Waals surface area contributed by atoms with Crippen LogP contribution in [0.1, 0.15) is 29.4 Å². The topological polar surface area (TPSA) is 65.1 Å². The zero-order chi connectivity index (χ0) is 13.1. The normalized spacial score (nSPS) is 12.6. The number of aromatic amines is 1. The largest absolute Gasteiger partial charge is 0.394 e. The molecule has 0 aliphatic carbocycles. The van der Waals surface area contributed by atoms with Crippen LogP contribution in [0.2, 0.25) is 0 Å². The van der Waals surface area contributed by atoms with E-state index in [1.165, 1.54) is 0 Å². The summed E-state index contributed by atoms with van der Waals surface area (Å²) in [6.45, 7) is 3.78. The van der Waals surface area contributed by atoms with Crippen molar-refractivity contribution in [3.05, 3.63) is 35.5 Å². The van der Waals surface area contributed by atoms with Crippen LogP contribution in [0.25, 0.3) is 10.9 Å². The van der Waals surface area contributed by atoms with Crippen molar-refractivity contribution in [2.75, 3.05) is 6.61 Å². The molecular formula is C14H18N2O2. The number of aryl methyl sites for hydroxylation is 1. The highest BCUT2D eigenvalue weighted by molar-refractivity contribution is 6.08. The molecule has 2 rings (SSSR count). The number of aromatic nitrogens is 1. The zero-order valence-electron chi connectivity index (χ0n) is 10.7. The molecule has 1 atom stereocenters. The number of hydrogen-bond acceptors (Lipinski definition) is 2. The molecule has 4 nitrogen and oxygen atoms in total. The Morgan fingerprint density at radius 1 is 1.44 bits per heavy atom. The first-order chi connectivity index (χ1) is 8.67. The van der Waals surface area contributed by atoms with Gasteiger partial charge in [0.2, 0.25) is 0 Å². The summed E-state index contributed by atoms with van der Waals surface area (Å²) in [5, 5.41) is 12.9. The third kappa shape index (κ3) is 2.24. The summed E-state index contributed by atoms with van der Waals surface area (Å²) in [6, 6.07) is 7.53. The molecule has 1 amide bonds. The first-order valence-corrected chi connectivity index (χ1v) is 6.16. The van der Waals surface area contributed by atoms with Gasteiger partial charge in [-0.2, -0.15) is 0 Å². The lowest BCUT2D eigenvalue weighted by atomic mass is 10.1. The molecule has 0 radical (unpaired) electrons. The Morgan fingerprint density at radius 3 is 2.83 bits per heavy atom. The van der Waals surface area contributed by atoms with Crippen LogP contribution in [-0.2, 0) is 0 Å². The second kappa shape index (κ2) is 5.23. The average molecular weight is 246 g/mol. The highest BCUT2D eigenvalue weighted by atomic mass is 16.3. The minimum atomic E-state index is -0.189. The molecule has 3 N–H and O–H groups in total. The lowest BCUT2D eigenvalue weighted by molar-refractivity contribution is 0.0916. The van der Waals surface area contributed by atoms with E-state index >= 15 is 0 Å². The van der Waals surface area contributed by atoms with Crippen LogP contribution in [0.15, 0.2) is 24.3 Å². The minimum Gasteiger partial charge on any atom is -0.394 e. The van der Waals surface area contributed by atoms with E-state index in [-0.39, 0.29) is 18.6 Å². The molecule has 1 aromatic heterocycles. The number of amides is 1. The van der Waals surface area contributed by atoms with Crippen molar-refractivity contribution in [1.29, 1.82) is 0 Å². The number of nitrogens with one attached hydrogen (secondary N) is 2. The summed E-state index contributed by atoms with van der Waals surface area (Å²) in [7, 11) is 0. The van der Waals surface area contributed by atoms with Gasteiger partial charge in [-0.05, 0) is 19.4 Å². The Bertz CT molecular complexity index is 556. The molecule has 0 saturated heterocycles. The van der Waals surface area contributed by atoms with Crippen molar-refractivity contribution in [3.63, 3.8) is 0 Å². The van der Waals surface area contributed by atoms with Gasteiger partial charge in [0.25, 0.3) is 5.91 Å². The van der Waals surface area contributed by atoms with Gasteiger partial charge in [-0.3, -0.25) is 4.79 Å². The number of carbonyl (C=O) groups is 1. The van der Waals surface area contributed by atoms with Crippen molar-refractivity contribution in [3.8, 4) is 0 Å². The lowest BCUT2D eigenvalue weighted by Gasteiger charge is -2.14. The summed E-state index contributed by atoms with van der Waals surface area (Å²) >= 11 is 0. The van der Waals surface area contributed by atoms with E-state index in [9.17, 15) is 4.79 Å². The molecule has 1 aromatic carbocycles. The van der Waals surface area contributed by atoms with E-state index in [0.29, 0.717) is 12.0 Å². The number of benzene rings is 1. The smallest absolute Gasteiger partial charge is 0.254 e. The SMILES string of the molecule is CC[C@H](CO)NC(=O)c1c(C)[nH]c2ccccc12. The first-order valence-electron chi connectivity index (χ1n) is 6.16. The Kier molecular flexibility index (Phi) is 3.67. The van der Waals surface area contributed by atoms with Crippen LogP contribution in [0.5, 0.6) is 0 Å². The summed E-state index contributed by atoms with van der Waals surface area (Å²) in [5.41, 5.74) is 2.47. The number of rotatable bonds is 4. The van der Waals surface area contributed by atoms with Gasteiger partial charge in [0.1, 0.15) is 0 Å². The van der Waals surface area contributed by atoms with Gasteiger partial charge in [0.05, 0.1) is 18.2 Å². The van der Waals surface area contributed by atoms with Crippen LogP contribution < -0.4 is 5.32 Å². The minimum absolute atomic E-state index is 0.0381. The molecule has 0 saturated carbocycles. The molecule has 1 heterocycles. The van der Waals surface area contributed by atoms with E-state index in [0.717, 1.165) is 16.6 Å². The van der Waals surface area contributed by atoms with E-state index in [2.05, 4.69) is 10.3 Å². The molecule has 2 aromatic rings. The fourth-order valence-corrected chi connectivity index (χ4v) is 2.10. The lowest BCUT2D eigenvalue weighted by Crippen LogP contribution is -2.37. The quantitative estimate of drug-likeness (QED) is 0.772. The third-order valence-corrected chi connectivity index (χ3v) is 3.17. The van der Waals surface area contributed by atoms with E-state index < -0.39 is 0 Å². The van der Waals surface area contributed by atoms with Crippen LogP contribution >= 0.6 is 0 Å². The predicted octanol–water partition coefficient (Wildman–Crippen LogP) is 1.98. The van der Waals surface area contributed by atoms with Crippen LogP contribution in [-0.4, -0.2) is 28.6 Å². The number of fused-ring (bicyclic) bond motifs is 1. The molecule has 96 valence electrons. The van der Waals surface area contributed by atoms with Crippen molar-refractivity contribution in [2.24, 2.45) is 0 Å². The maximum absolute atomic E-state index is 12.2. The van der Waals surface area contributed by atoms with Gasteiger partial charge in [-0.1, -0.05) is 25.1 Å². The monoisotopic (exact) mass is 246 g/mol. The van der Waals surface area contributed by atoms with Gasteiger partial charge < -0.3 is 15.4 Å². The summed E-state index contributed by atoms with van der Waals surface area (Å²) in [4.78, 5) is 15.4. The van der Waals surface area contributed by atoms with Gasteiger partial charge in [0.15, 0.2) is 0 Å². The molecular weight excluding hydrogens is 228 g/mol. The average Bonchev–Trinajstić information content (AvgIpc) is 2.71. The Hall–Kier alpha value is -1.81. The molecule has 0 fully saturated rings. The standard InChI is InChI=1S/C14H18N2O2/c1-3-10(8-17)16-14(18)13-9(2)15-12-7-5-4-6-11(12)13/h4-7,10,15,17H,3,8H2,1-2H3,(H,16,18)/t10-/m1/s1. The Morgan fingerprint density at radius 2 is 2.17 bits per heavy atom. The van der Waals surface area contributed by atoms with Crippen LogP contribution in [0.4, 0.5) is 0 Å². The van der Waals surface area contributed by atoms with E-state index in [1.54, 1.807) is 0 Å². The highest BCUT2D eigenvalue weighted by Crippen LogP contribution is 2.21. The Balaban J connectivity index is 2.35. The number of para-hydroxylation sites is 1. The number of hydrogen-bond donors (Lipinski definition) is 3. The van der Waals surface area contributed by atoms with Crippen molar-refractivity contribution < 1.29 is 9.90 Å². The number of aliphatic hydroxyl groups excluding tert-OH is 1. The molecule has 0 aliphatic heterocycles. The van der Waals surface area contributed by atoms with Gasteiger partial charge >= 0.3 is 0 Å². The Labute approximate surface area is 106 Å².